The van der Waals surface area contributed by atoms with Gasteiger partial charge in [-0.3, -0.25) is 9.59 Å². The van der Waals surface area contributed by atoms with Crippen LogP contribution in [0.1, 0.15) is 93.9 Å². The molecule has 1 aliphatic heterocycles. The Hall–Kier alpha value is -3.15. The number of carbonyl (C=O) groups excluding carboxylic acids is 2. The number of amides is 2. The van der Waals surface area contributed by atoms with Crippen LogP contribution in [0.5, 0.6) is 0 Å². The highest BCUT2D eigenvalue weighted by molar-refractivity contribution is 5.98. The van der Waals surface area contributed by atoms with Gasteiger partial charge in [0.1, 0.15) is 5.82 Å². The molecule has 4 rings (SSSR count). The summed E-state index contributed by atoms with van der Waals surface area (Å²) < 4.78 is 0. The Bertz CT molecular complexity index is 1200. The number of hydrogen-bond acceptors (Lipinski definition) is 3. The fourth-order valence-corrected chi connectivity index (χ4v) is 4.93. The SMILES string of the molecule is CC(C)CC(=O)N1CCCCCCCN(C(=O)c2ccc3nc(C(C)C)[nH]c3c2)Cc2ccccc21. The molecule has 0 atom stereocenters. The van der Waals surface area contributed by atoms with Gasteiger partial charge in [0.2, 0.25) is 5.91 Å². The number of aromatic nitrogens is 2. The molecule has 0 radical (unpaired) electrons. The Morgan fingerprint density at radius 3 is 2.42 bits per heavy atom. The first-order chi connectivity index (χ1) is 17.3. The topological polar surface area (TPSA) is 69.3 Å². The normalized spacial score (nSPS) is 15.6. The molecule has 2 aromatic carbocycles. The first kappa shape index (κ1) is 25.9. The summed E-state index contributed by atoms with van der Waals surface area (Å²) in [5.74, 6) is 1.71. The number of hydrogen-bond donors (Lipinski definition) is 1. The van der Waals surface area contributed by atoms with E-state index < -0.39 is 0 Å². The second-order valence-electron chi connectivity index (χ2n) is 10.8. The lowest BCUT2D eigenvalue weighted by Crippen LogP contribution is -2.36. The number of benzene rings is 2. The Morgan fingerprint density at radius 2 is 1.67 bits per heavy atom. The third-order valence-corrected chi connectivity index (χ3v) is 6.92. The van der Waals surface area contributed by atoms with Gasteiger partial charge in [-0.1, -0.05) is 65.2 Å². The van der Waals surface area contributed by atoms with E-state index in [1.54, 1.807) is 0 Å². The van der Waals surface area contributed by atoms with Crippen molar-refractivity contribution in [2.75, 3.05) is 18.0 Å². The van der Waals surface area contributed by atoms with E-state index in [1.165, 1.54) is 0 Å². The van der Waals surface area contributed by atoms with Gasteiger partial charge in [0.15, 0.2) is 0 Å². The van der Waals surface area contributed by atoms with Gasteiger partial charge >= 0.3 is 0 Å². The van der Waals surface area contributed by atoms with Crippen LogP contribution in [-0.4, -0.2) is 39.8 Å². The number of aromatic amines is 1. The van der Waals surface area contributed by atoms with Crippen LogP contribution in [0.15, 0.2) is 42.5 Å². The van der Waals surface area contributed by atoms with Crippen molar-refractivity contribution in [2.45, 2.75) is 78.7 Å². The highest BCUT2D eigenvalue weighted by Gasteiger charge is 2.23. The highest BCUT2D eigenvalue weighted by Crippen LogP contribution is 2.27. The smallest absolute Gasteiger partial charge is 0.254 e. The van der Waals surface area contributed by atoms with Gasteiger partial charge in [0.05, 0.1) is 11.0 Å². The molecule has 36 heavy (non-hydrogen) atoms. The number of para-hydroxylation sites is 1. The molecule has 1 aromatic heterocycles. The predicted molar refractivity (Wildman–Crippen MR) is 146 cm³/mol. The summed E-state index contributed by atoms with van der Waals surface area (Å²) >= 11 is 0. The standard InChI is InChI=1S/C30H40N4O2/c1-21(2)18-28(35)34-17-11-7-5-6-10-16-33(20-24-12-8-9-13-27(24)34)30(36)23-14-15-25-26(19-23)32-29(31-25)22(3)4/h8-9,12-15,19,21-22H,5-7,10-11,16-18,20H2,1-4H3,(H,31,32). The van der Waals surface area contributed by atoms with Crippen LogP contribution in [0.3, 0.4) is 0 Å². The molecule has 0 unspecified atom stereocenters. The monoisotopic (exact) mass is 488 g/mol. The molecule has 0 spiro atoms. The molecule has 1 N–H and O–H groups in total. The van der Waals surface area contributed by atoms with Crippen molar-refractivity contribution in [2.24, 2.45) is 5.92 Å². The molecule has 192 valence electrons. The van der Waals surface area contributed by atoms with Crippen LogP contribution in [0.25, 0.3) is 11.0 Å². The van der Waals surface area contributed by atoms with Gasteiger partial charge in [-0.25, -0.2) is 4.98 Å². The molecule has 0 saturated carbocycles. The number of H-pyrrole nitrogens is 1. The predicted octanol–water partition coefficient (Wildman–Crippen LogP) is 6.67. The zero-order valence-corrected chi connectivity index (χ0v) is 22.2. The van der Waals surface area contributed by atoms with E-state index in [1.807, 2.05) is 46.2 Å². The maximum atomic E-state index is 13.8. The lowest BCUT2D eigenvalue weighted by atomic mass is 10.0. The van der Waals surface area contributed by atoms with Crippen LogP contribution in [0.4, 0.5) is 5.69 Å². The van der Waals surface area contributed by atoms with Crippen molar-refractivity contribution in [3.05, 3.63) is 59.4 Å². The average molecular weight is 489 g/mol. The summed E-state index contributed by atoms with van der Waals surface area (Å²) in [5.41, 5.74) is 4.40. The minimum Gasteiger partial charge on any atom is -0.342 e. The zero-order chi connectivity index (χ0) is 25.7. The number of imidazole rings is 1. The van der Waals surface area contributed by atoms with E-state index in [2.05, 4.69) is 43.7 Å². The molecule has 0 fully saturated rings. The first-order valence-corrected chi connectivity index (χ1v) is 13.5. The summed E-state index contributed by atoms with van der Waals surface area (Å²) in [5, 5.41) is 0. The molecule has 6 nitrogen and oxygen atoms in total. The van der Waals surface area contributed by atoms with Crippen molar-refractivity contribution < 1.29 is 9.59 Å². The van der Waals surface area contributed by atoms with Crippen LogP contribution in [0.2, 0.25) is 0 Å². The fourth-order valence-electron chi connectivity index (χ4n) is 4.93. The van der Waals surface area contributed by atoms with Crippen LogP contribution < -0.4 is 4.90 Å². The van der Waals surface area contributed by atoms with Gasteiger partial charge in [-0.15, -0.1) is 0 Å². The van der Waals surface area contributed by atoms with E-state index >= 15 is 0 Å². The van der Waals surface area contributed by atoms with Crippen molar-refractivity contribution in [3.63, 3.8) is 0 Å². The number of nitrogens with zero attached hydrogens (tertiary/aromatic N) is 3. The first-order valence-electron chi connectivity index (χ1n) is 13.5. The summed E-state index contributed by atoms with van der Waals surface area (Å²) in [7, 11) is 0. The molecular weight excluding hydrogens is 448 g/mol. The molecule has 0 aliphatic carbocycles. The minimum absolute atomic E-state index is 0.0181. The van der Waals surface area contributed by atoms with Crippen LogP contribution >= 0.6 is 0 Å². The largest absolute Gasteiger partial charge is 0.342 e. The van der Waals surface area contributed by atoms with Crippen LogP contribution in [0, 0.1) is 5.92 Å². The molecule has 6 heteroatoms. The summed E-state index contributed by atoms with van der Waals surface area (Å²) in [6.07, 6.45) is 5.81. The molecule has 2 heterocycles. The Kier molecular flexibility index (Phi) is 8.44. The molecule has 3 aromatic rings. The number of anilines is 1. The maximum absolute atomic E-state index is 13.8. The molecule has 1 aliphatic rings. The van der Waals surface area contributed by atoms with E-state index in [0.717, 1.165) is 66.8 Å². The number of rotatable bonds is 4. The van der Waals surface area contributed by atoms with E-state index in [4.69, 9.17) is 0 Å². The highest BCUT2D eigenvalue weighted by atomic mass is 16.2. The Balaban J connectivity index is 1.66. The zero-order valence-electron chi connectivity index (χ0n) is 22.2. The van der Waals surface area contributed by atoms with Gasteiger partial charge in [0.25, 0.3) is 5.91 Å². The maximum Gasteiger partial charge on any atom is 0.254 e. The van der Waals surface area contributed by atoms with Gasteiger partial charge in [0, 0.05) is 43.2 Å². The van der Waals surface area contributed by atoms with E-state index in [0.29, 0.717) is 36.9 Å². The number of nitrogens with one attached hydrogen (secondary N) is 1. The lowest BCUT2D eigenvalue weighted by molar-refractivity contribution is -0.119. The third-order valence-electron chi connectivity index (χ3n) is 6.92. The third kappa shape index (κ3) is 6.15. The fraction of sp³-hybridized carbons (Fsp3) is 0.500. The summed E-state index contributed by atoms with van der Waals surface area (Å²) in [6, 6.07) is 13.8. The molecule has 0 saturated heterocycles. The summed E-state index contributed by atoms with van der Waals surface area (Å²) in [6.45, 7) is 10.3. The van der Waals surface area contributed by atoms with Gasteiger partial charge in [-0.2, -0.15) is 0 Å². The second kappa shape index (κ2) is 11.7. The second-order valence-corrected chi connectivity index (χ2v) is 10.8. The van der Waals surface area contributed by atoms with E-state index in [9.17, 15) is 9.59 Å². The van der Waals surface area contributed by atoms with Crippen molar-refractivity contribution in [1.82, 2.24) is 14.9 Å². The Labute approximate surface area is 215 Å². The minimum atomic E-state index is 0.0181. The molecule has 2 amide bonds. The summed E-state index contributed by atoms with van der Waals surface area (Å²) in [4.78, 5) is 39.0. The Morgan fingerprint density at radius 1 is 0.944 bits per heavy atom. The molecular formula is C30H40N4O2. The lowest BCUT2D eigenvalue weighted by Gasteiger charge is -2.30. The van der Waals surface area contributed by atoms with Crippen molar-refractivity contribution in [1.29, 1.82) is 0 Å². The number of fused-ring (bicyclic) bond motifs is 2. The average Bonchev–Trinajstić information content (AvgIpc) is 3.27. The van der Waals surface area contributed by atoms with Gasteiger partial charge in [-0.05, 0) is 48.6 Å². The quantitative estimate of drug-likeness (QED) is 0.446. The van der Waals surface area contributed by atoms with E-state index in [-0.39, 0.29) is 11.8 Å². The molecule has 0 bridgehead atoms. The van der Waals surface area contributed by atoms with Crippen LogP contribution in [-0.2, 0) is 11.3 Å². The number of carbonyl (C=O) groups is 2. The van der Waals surface area contributed by atoms with Crippen molar-refractivity contribution >= 4 is 28.5 Å². The van der Waals surface area contributed by atoms with Gasteiger partial charge < -0.3 is 14.8 Å². The van der Waals surface area contributed by atoms with Crippen molar-refractivity contribution in [3.8, 4) is 0 Å².